The van der Waals surface area contributed by atoms with Crippen molar-refractivity contribution in [1.29, 1.82) is 5.26 Å². The molecule has 1 heterocycles. The Morgan fingerprint density at radius 2 is 2.27 bits per heavy atom. The number of anilines is 1. The summed E-state index contributed by atoms with van der Waals surface area (Å²) in [4.78, 5) is 11.7. The summed E-state index contributed by atoms with van der Waals surface area (Å²) in [5, 5.41) is 12.5. The average Bonchev–Trinajstić information content (AvgIpc) is 2.46. The van der Waals surface area contributed by atoms with Crippen LogP contribution in [0, 0.1) is 16.7 Å². The molecule has 1 rings (SSSR count). The number of ketones is 1. The smallest absolute Gasteiger partial charge is 0.159 e. The second-order valence-corrected chi connectivity index (χ2v) is 4.39. The predicted molar refractivity (Wildman–Crippen MR) is 55.8 cm³/mol. The Labute approximate surface area is 88.5 Å². The largest absolute Gasteiger partial charge is 0.383 e. The third kappa shape index (κ3) is 2.34. The highest BCUT2D eigenvalue weighted by Crippen LogP contribution is 2.17. The molecule has 0 aliphatic heterocycles. The zero-order valence-electron chi connectivity index (χ0n) is 9.11. The maximum absolute atomic E-state index is 11.7. The Balaban J connectivity index is 2.88. The molecule has 0 aliphatic carbocycles. The Kier molecular flexibility index (Phi) is 2.80. The quantitative estimate of drug-likeness (QED) is 0.780. The molecule has 5 nitrogen and oxygen atoms in total. The number of carbonyl (C=O) groups excluding carboxylic acids is 1. The minimum absolute atomic E-state index is 0.0294. The monoisotopic (exact) mass is 206 g/mol. The van der Waals surface area contributed by atoms with Crippen LogP contribution >= 0.6 is 0 Å². The molecule has 0 amide bonds. The van der Waals surface area contributed by atoms with Gasteiger partial charge in [0.15, 0.2) is 5.78 Å². The summed E-state index contributed by atoms with van der Waals surface area (Å²) in [6.07, 6.45) is 1.37. The van der Waals surface area contributed by atoms with Gasteiger partial charge in [0.2, 0.25) is 0 Å². The van der Waals surface area contributed by atoms with Crippen molar-refractivity contribution in [1.82, 2.24) is 9.78 Å². The van der Waals surface area contributed by atoms with Crippen LogP contribution in [0.15, 0.2) is 6.20 Å². The van der Waals surface area contributed by atoms with Gasteiger partial charge < -0.3 is 5.73 Å². The summed E-state index contributed by atoms with van der Waals surface area (Å²) in [7, 11) is 0. The van der Waals surface area contributed by atoms with E-state index in [9.17, 15) is 4.79 Å². The number of nitrogens with two attached hydrogens (primary N) is 1. The maximum atomic E-state index is 11.7. The lowest BCUT2D eigenvalue weighted by Crippen LogP contribution is -2.26. The number of nitrogen functional groups attached to an aromatic ring is 1. The topological polar surface area (TPSA) is 84.7 Å². The van der Waals surface area contributed by atoms with Gasteiger partial charge in [-0.15, -0.1) is 0 Å². The number of nitriles is 1. The number of aromatic nitrogens is 2. The highest BCUT2D eigenvalue weighted by Gasteiger charge is 2.22. The minimum atomic E-state index is -0.425. The van der Waals surface area contributed by atoms with Crippen molar-refractivity contribution in [2.75, 3.05) is 5.73 Å². The molecule has 0 bridgehead atoms. The van der Waals surface area contributed by atoms with Crippen molar-refractivity contribution in [3.8, 4) is 6.07 Å². The normalized spacial score (nSPS) is 11.1. The predicted octanol–water partition coefficient (Wildman–Crippen LogP) is 0.952. The first-order chi connectivity index (χ1) is 6.86. The molecule has 0 spiro atoms. The maximum Gasteiger partial charge on any atom is 0.159 e. The molecule has 1 aromatic heterocycles. The SMILES string of the molecule is CC(C)(C)C(=O)Cn1ncc(C#N)c1N. The molecule has 15 heavy (non-hydrogen) atoms. The lowest BCUT2D eigenvalue weighted by molar-refractivity contribution is -0.127. The highest BCUT2D eigenvalue weighted by molar-refractivity contribution is 5.83. The van der Waals surface area contributed by atoms with Gasteiger partial charge in [-0.3, -0.25) is 4.79 Å². The molecule has 0 fully saturated rings. The van der Waals surface area contributed by atoms with E-state index < -0.39 is 5.41 Å². The molecular formula is C10H14N4O. The molecule has 5 heteroatoms. The van der Waals surface area contributed by atoms with E-state index in [4.69, 9.17) is 11.0 Å². The van der Waals surface area contributed by atoms with E-state index >= 15 is 0 Å². The fourth-order valence-electron chi connectivity index (χ4n) is 0.980. The lowest BCUT2D eigenvalue weighted by Gasteiger charge is -2.16. The molecule has 0 saturated carbocycles. The lowest BCUT2D eigenvalue weighted by atomic mass is 9.91. The molecule has 0 radical (unpaired) electrons. The first-order valence-electron chi connectivity index (χ1n) is 4.61. The molecule has 2 N–H and O–H groups in total. The molecule has 0 aromatic carbocycles. The van der Waals surface area contributed by atoms with Crippen LogP contribution in [-0.2, 0) is 11.3 Å². The Morgan fingerprint density at radius 3 is 2.67 bits per heavy atom. The van der Waals surface area contributed by atoms with Crippen LogP contribution in [0.3, 0.4) is 0 Å². The van der Waals surface area contributed by atoms with Crippen molar-refractivity contribution in [2.45, 2.75) is 27.3 Å². The molecule has 0 atom stereocenters. The fourth-order valence-corrected chi connectivity index (χ4v) is 0.980. The van der Waals surface area contributed by atoms with Gasteiger partial charge in [0.05, 0.1) is 6.20 Å². The van der Waals surface area contributed by atoms with Gasteiger partial charge in [-0.25, -0.2) is 4.68 Å². The van der Waals surface area contributed by atoms with Crippen LogP contribution in [0.25, 0.3) is 0 Å². The van der Waals surface area contributed by atoms with Crippen molar-refractivity contribution in [3.63, 3.8) is 0 Å². The van der Waals surface area contributed by atoms with E-state index in [0.29, 0.717) is 5.56 Å². The summed E-state index contributed by atoms with van der Waals surface area (Å²) in [5.41, 5.74) is 5.51. The molecular weight excluding hydrogens is 192 g/mol. The standard InChI is InChI=1S/C10H14N4O/c1-10(2,3)8(15)6-14-9(12)7(4-11)5-13-14/h5H,6,12H2,1-3H3. The van der Waals surface area contributed by atoms with Crippen molar-refractivity contribution >= 4 is 11.6 Å². The molecule has 0 unspecified atom stereocenters. The first kappa shape index (κ1) is 11.2. The van der Waals surface area contributed by atoms with Crippen molar-refractivity contribution in [2.24, 2.45) is 5.41 Å². The number of hydrogen-bond donors (Lipinski definition) is 1. The van der Waals surface area contributed by atoms with Crippen molar-refractivity contribution in [3.05, 3.63) is 11.8 Å². The van der Waals surface area contributed by atoms with Crippen molar-refractivity contribution < 1.29 is 4.79 Å². The summed E-state index contributed by atoms with van der Waals surface area (Å²) >= 11 is 0. The average molecular weight is 206 g/mol. The minimum Gasteiger partial charge on any atom is -0.383 e. The van der Waals surface area contributed by atoms with Crippen LogP contribution in [0.5, 0.6) is 0 Å². The summed E-state index contributed by atoms with van der Waals surface area (Å²) in [6, 6.07) is 1.91. The van der Waals surface area contributed by atoms with Crippen LogP contribution < -0.4 is 5.73 Å². The van der Waals surface area contributed by atoms with Gasteiger partial charge in [-0.2, -0.15) is 10.4 Å². The van der Waals surface area contributed by atoms with Crippen LogP contribution in [0.4, 0.5) is 5.82 Å². The number of nitrogens with zero attached hydrogens (tertiary/aromatic N) is 3. The molecule has 0 aliphatic rings. The van der Waals surface area contributed by atoms with Gasteiger partial charge >= 0.3 is 0 Å². The summed E-state index contributed by atoms with van der Waals surface area (Å²) < 4.78 is 1.35. The van der Waals surface area contributed by atoms with Crippen LogP contribution in [0.2, 0.25) is 0 Å². The summed E-state index contributed by atoms with van der Waals surface area (Å²) in [6.45, 7) is 5.61. The van der Waals surface area contributed by atoms with Crippen LogP contribution in [-0.4, -0.2) is 15.6 Å². The van der Waals surface area contributed by atoms with E-state index in [2.05, 4.69) is 5.10 Å². The fraction of sp³-hybridized carbons (Fsp3) is 0.500. The van der Waals surface area contributed by atoms with E-state index in [1.807, 2.05) is 26.8 Å². The van der Waals surface area contributed by atoms with Gasteiger partial charge in [0.1, 0.15) is 24.0 Å². The zero-order chi connectivity index (χ0) is 11.6. The highest BCUT2D eigenvalue weighted by atomic mass is 16.1. The third-order valence-corrected chi connectivity index (χ3v) is 2.13. The second-order valence-electron chi connectivity index (χ2n) is 4.39. The van der Waals surface area contributed by atoms with Gasteiger partial charge in [-0.05, 0) is 0 Å². The molecule has 0 saturated heterocycles. The van der Waals surface area contributed by atoms with E-state index in [-0.39, 0.29) is 18.1 Å². The second kappa shape index (κ2) is 3.73. The third-order valence-electron chi connectivity index (χ3n) is 2.13. The number of hydrogen-bond acceptors (Lipinski definition) is 4. The molecule has 80 valence electrons. The van der Waals surface area contributed by atoms with Gasteiger partial charge in [0.25, 0.3) is 0 Å². The Bertz CT molecular complexity index is 420. The number of Topliss-reactive ketones (excluding diaryl/α,β-unsaturated/α-hetero) is 1. The van der Waals surface area contributed by atoms with Gasteiger partial charge in [-0.1, -0.05) is 20.8 Å². The Hall–Kier alpha value is -1.83. The number of carbonyl (C=O) groups is 1. The van der Waals surface area contributed by atoms with E-state index in [1.54, 1.807) is 0 Å². The summed E-state index contributed by atoms with van der Waals surface area (Å²) in [5.74, 6) is 0.275. The van der Waals surface area contributed by atoms with E-state index in [0.717, 1.165) is 0 Å². The molecule has 1 aromatic rings. The van der Waals surface area contributed by atoms with Gasteiger partial charge in [0, 0.05) is 5.41 Å². The van der Waals surface area contributed by atoms with Crippen LogP contribution in [0.1, 0.15) is 26.3 Å². The number of rotatable bonds is 2. The first-order valence-corrected chi connectivity index (χ1v) is 4.61. The Morgan fingerprint density at radius 1 is 1.67 bits per heavy atom. The zero-order valence-corrected chi connectivity index (χ0v) is 9.11. The van der Waals surface area contributed by atoms with E-state index in [1.165, 1.54) is 10.9 Å².